The number of benzene rings is 2. The van der Waals surface area contributed by atoms with Crippen LogP contribution in [0.15, 0.2) is 30.3 Å². The number of hydrogen-bond donors (Lipinski definition) is 3. The Hall–Kier alpha value is -2.93. The molecule has 0 spiro atoms. The summed E-state index contributed by atoms with van der Waals surface area (Å²) >= 11 is 5.86. The number of methoxy groups -OCH3 is 2. The topological polar surface area (TPSA) is 96.9 Å². The second kappa shape index (κ2) is 8.64. The van der Waals surface area contributed by atoms with Crippen LogP contribution in [-0.4, -0.2) is 37.2 Å². The van der Waals surface area contributed by atoms with Gasteiger partial charge in [0.2, 0.25) is 0 Å². The molecule has 144 valence electrons. The van der Waals surface area contributed by atoms with Gasteiger partial charge >= 0.3 is 0 Å². The van der Waals surface area contributed by atoms with Crippen LogP contribution in [-0.2, 0) is 0 Å². The molecule has 2 aromatic carbocycles. The van der Waals surface area contributed by atoms with Crippen molar-refractivity contribution in [2.45, 2.75) is 19.9 Å². The average Bonchev–Trinajstić information content (AvgIpc) is 2.62. The first-order chi connectivity index (χ1) is 12.8. The van der Waals surface area contributed by atoms with Crippen molar-refractivity contribution in [3.05, 3.63) is 46.5 Å². The first kappa shape index (κ1) is 20.4. The third-order valence-electron chi connectivity index (χ3n) is 3.65. The number of halogens is 1. The Kier molecular flexibility index (Phi) is 6.52. The number of phenolic OH excluding ortho intramolecular Hbond substituents is 1. The lowest BCUT2D eigenvalue weighted by molar-refractivity contribution is 0.0943. The third kappa shape index (κ3) is 4.83. The number of phenols is 1. The molecule has 0 aromatic heterocycles. The summed E-state index contributed by atoms with van der Waals surface area (Å²) < 4.78 is 10.5. The molecule has 0 atom stereocenters. The number of carbonyl (C=O) groups is 2. The van der Waals surface area contributed by atoms with Crippen molar-refractivity contribution in [1.82, 2.24) is 5.32 Å². The van der Waals surface area contributed by atoms with E-state index in [0.29, 0.717) is 11.5 Å². The van der Waals surface area contributed by atoms with E-state index in [9.17, 15) is 14.7 Å². The molecule has 2 amide bonds. The molecule has 2 aromatic rings. The van der Waals surface area contributed by atoms with Crippen molar-refractivity contribution in [3.8, 4) is 17.2 Å². The molecule has 0 saturated carbocycles. The second-order valence-electron chi connectivity index (χ2n) is 6.00. The van der Waals surface area contributed by atoms with Crippen LogP contribution in [0.25, 0.3) is 0 Å². The molecular formula is C19H21ClN2O5. The van der Waals surface area contributed by atoms with E-state index < -0.39 is 5.91 Å². The first-order valence-electron chi connectivity index (χ1n) is 8.13. The van der Waals surface area contributed by atoms with Gasteiger partial charge in [-0.1, -0.05) is 11.6 Å². The number of amides is 2. The molecule has 0 unspecified atom stereocenters. The highest BCUT2D eigenvalue weighted by Crippen LogP contribution is 2.34. The van der Waals surface area contributed by atoms with Gasteiger partial charge in [-0.3, -0.25) is 9.59 Å². The van der Waals surface area contributed by atoms with Gasteiger partial charge in [0.05, 0.1) is 30.5 Å². The molecule has 8 heteroatoms. The van der Waals surface area contributed by atoms with E-state index in [1.54, 1.807) is 0 Å². The summed E-state index contributed by atoms with van der Waals surface area (Å²) in [6, 6.07) is 6.99. The number of hydrogen-bond acceptors (Lipinski definition) is 5. The Labute approximate surface area is 162 Å². The molecule has 0 aliphatic carbocycles. The lowest BCUT2D eigenvalue weighted by Crippen LogP contribution is -2.31. The van der Waals surface area contributed by atoms with E-state index in [0.717, 1.165) is 0 Å². The van der Waals surface area contributed by atoms with Gasteiger partial charge in [0.15, 0.2) is 11.5 Å². The predicted molar refractivity (Wildman–Crippen MR) is 103 cm³/mol. The average molecular weight is 393 g/mol. The number of ether oxygens (including phenoxy) is 2. The summed E-state index contributed by atoms with van der Waals surface area (Å²) in [5, 5.41) is 15.0. The third-order valence-corrected chi connectivity index (χ3v) is 3.95. The maximum atomic E-state index is 12.6. The van der Waals surface area contributed by atoms with Crippen molar-refractivity contribution in [3.63, 3.8) is 0 Å². The maximum absolute atomic E-state index is 12.6. The lowest BCUT2D eigenvalue weighted by Gasteiger charge is -2.17. The fourth-order valence-electron chi connectivity index (χ4n) is 2.35. The molecule has 0 saturated heterocycles. The van der Waals surface area contributed by atoms with Crippen LogP contribution < -0.4 is 20.1 Å². The summed E-state index contributed by atoms with van der Waals surface area (Å²) in [6.45, 7) is 3.66. The molecule has 7 nitrogen and oxygen atoms in total. The van der Waals surface area contributed by atoms with Gasteiger partial charge < -0.3 is 25.2 Å². The monoisotopic (exact) mass is 392 g/mol. The fraction of sp³-hybridized carbons (Fsp3) is 0.263. The quantitative estimate of drug-likeness (QED) is 0.699. The van der Waals surface area contributed by atoms with Crippen molar-refractivity contribution < 1.29 is 24.2 Å². The van der Waals surface area contributed by atoms with E-state index in [1.807, 2.05) is 13.8 Å². The van der Waals surface area contributed by atoms with Crippen LogP contribution in [0.1, 0.15) is 34.6 Å². The van der Waals surface area contributed by atoms with Gasteiger partial charge in [0, 0.05) is 17.7 Å². The Morgan fingerprint density at radius 1 is 1.04 bits per heavy atom. The Morgan fingerprint density at radius 3 is 2.22 bits per heavy atom. The fourth-order valence-corrected chi connectivity index (χ4v) is 2.53. The van der Waals surface area contributed by atoms with Gasteiger partial charge in [-0.2, -0.15) is 0 Å². The minimum atomic E-state index is -0.497. The molecule has 0 heterocycles. The summed E-state index contributed by atoms with van der Waals surface area (Å²) in [5.41, 5.74) is 0.697. The molecule has 2 rings (SSSR count). The summed E-state index contributed by atoms with van der Waals surface area (Å²) in [7, 11) is 2.91. The Morgan fingerprint density at radius 2 is 1.67 bits per heavy atom. The van der Waals surface area contributed by atoms with Crippen molar-refractivity contribution in [2.24, 2.45) is 0 Å². The standard InChI is InChI=1S/C19H21ClN2O5/c1-10(2)21-19(25)12-8-16(26-3)17(27-4)9-14(12)22-18(24)11-5-6-15(23)13(20)7-11/h5-10,23H,1-4H3,(H,21,25)(H,22,24). The molecule has 0 radical (unpaired) electrons. The van der Waals surface area contributed by atoms with E-state index in [-0.39, 0.29) is 39.5 Å². The van der Waals surface area contributed by atoms with Crippen LogP contribution in [0.3, 0.4) is 0 Å². The van der Waals surface area contributed by atoms with Gasteiger partial charge in [0.25, 0.3) is 11.8 Å². The van der Waals surface area contributed by atoms with Crippen LogP contribution >= 0.6 is 11.6 Å². The van der Waals surface area contributed by atoms with Crippen LogP contribution in [0.5, 0.6) is 17.2 Å². The predicted octanol–water partition coefficient (Wildman–Crippen LogP) is 3.45. The van der Waals surface area contributed by atoms with Crippen molar-refractivity contribution >= 4 is 29.1 Å². The molecule has 0 fully saturated rings. The molecule has 27 heavy (non-hydrogen) atoms. The minimum absolute atomic E-state index is 0.0488. The van der Waals surface area contributed by atoms with E-state index in [1.165, 1.54) is 44.6 Å². The zero-order valence-corrected chi connectivity index (χ0v) is 16.2. The van der Waals surface area contributed by atoms with Gasteiger partial charge in [-0.25, -0.2) is 0 Å². The Bertz CT molecular complexity index is 867. The summed E-state index contributed by atoms with van der Waals surface area (Å²) in [5.74, 6) is -0.279. The molecule has 3 N–H and O–H groups in total. The number of anilines is 1. The summed E-state index contributed by atoms with van der Waals surface area (Å²) in [6.07, 6.45) is 0. The Balaban J connectivity index is 2.44. The normalized spacial score (nSPS) is 10.4. The van der Waals surface area contributed by atoms with Crippen LogP contribution in [0.4, 0.5) is 5.69 Å². The molecular weight excluding hydrogens is 372 g/mol. The van der Waals surface area contributed by atoms with E-state index in [4.69, 9.17) is 21.1 Å². The van der Waals surface area contributed by atoms with Crippen LogP contribution in [0, 0.1) is 0 Å². The lowest BCUT2D eigenvalue weighted by atomic mass is 10.1. The smallest absolute Gasteiger partial charge is 0.255 e. The number of carbonyl (C=O) groups excluding carboxylic acids is 2. The highest BCUT2D eigenvalue weighted by Gasteiger charge is 2.20. The largest absolute Gasteiger partial charge is 0.506 e. The number of aromatic hydroxyl groups is 1. The maximum Gasteiger partial charge on any atom is 0.255 e. The zero-order chi connectivity index (χ0) is 20.1. The highest BCUT2D eigenvalue weighted by atomic mass is 35.5. The van der Waals surface area contributed by atoms with Crippen LogP contribution in [0.2, 0.25) is 5.02 Å². The van der Waals surface area contributed by atoms with Gasteiger partial charge in [-0.05, 0) is 38.1 Å². The van der Waals surface area contributed by atoms with Gasteiger partial charge in [0.1, 0.15) is 5.75 Å². The number of nitrogens with one attached hydrogen (secondary N) is 2. The first-order valence-corrected chi connectivity index (χ1v) is 8.51. The van der Waals surface area contributed by atoms with Crippen molar-refractivity contribution in [1.29, 1.82) is 0 Å². The van der Waals surface area contributed by atoms with E-state index >= 15 is 0 Å². The molecule has 0 aliphatic rings. The minimum Gasteiger partial charge on any atom is -0.506 e. The second-order valence-corrected chi connectivity index (χ2v) is 6.41. The molecule has 0 bridgehead atoms. The number of rotatable bonds is 6. The van der Waals surface area contributed by atoms with E-state index in [2.05, 4.69) is 10.6 Å². The highest BCUT2D eigenvalue weighted by molar-refractivity contribution is 6.32. The van der Waals surface area contributed by atoms with Gasteiger partial charge in [-0.15, -0.1) is 0 Å². The SMILES string of the molecule is COc1cc(NC(=O)c2ccc(O)c(Cl)c2)c(C(=O)NC(C)C)cc1OC. The van der Waals surface area contributed by atoms with Crippen molar-refractivity contribution in [2.75, 3.05) is 19.5 Å². The molecule has 0 aliphatic heterocycles. The zero-order valence-electron chi connectivity index (χ0n) is 15.4. The summed E-state index contributed by atoms with van der Waals surface area (Å²) in [4.78, 5) is 25.1.